The summed E-state index contributed by atoms with van der Waals surface area (Å²) in [5, 5.41) is 4.83. The van der Waals surface area contributed by atoms with Gasteiger partial charge in [0.15, 0.2) is 11.6 Å². The van der Waals surface area contributed by atoms with E-state index < -0.39 is 0 Å². The summed E-state index contributed by atoms with van der Waals surface area (Å²) in [4.78, 5) is 13.7. The van der Waals surface area contributed by atoms with Crippen LogP contribution in [-0.4, -0.2) is 29.6 Å². The molecule has 1 aliphatic rings. The van der Waals surface area contributed by atoms with Crippen molar-refractivity contribution >= 4 is 28.9 Å². The molecule has 102 valence electrons. The van der Waals surface area contributed by atoms with Gasteiger partial charge in [0, 0.05) is 20.0 Å². The number of ketones is 1. The number of hydrogen-bond donors (Lipinski definition) is 1. The summed E-state index contributed by atoms with van der Waals surface area (Å²) in [6, 6.07) is 7.35. The number of carbonyl (C=O) groups excluding carboxylic acids is 1. The first-order chi connectivity index (χ1) is 9.18. The number of likely N-dealkylation sites (tertiary alicyclic amines) is 1. The van der Waals surface area contributed by atoms with Crippen LogP contribution in [0.5, 0.6) is 0 Å². The van der Waals surface area contributed by atoms with Gasteiger partial charge < -0.3 is 4.90 Å². The molecule has 5 heteroatoms. The Morgan fingerprint density at radius 3 is 2.58 bits per heavy atom. The third-order valence-corrected chi connectivity index (χ3v) is 3.46. The lowest BCUT2D eigenvalue weighted by Crippen LogP contribution is -2.39. The van der Waals surface area contributed by atoms with E-state index in [0.717, 1.165) is 25.9 Å². The number of carbonyl (C=O) groups is 1. The number of benzene rings is 1. The van der Waals surface area contributed by atoms with Gasteiger partial charge in [0.05, 0.1) is 10.7 Å². The molecule has 1 saturated heterocycles. The predicted molar refractivity (Wildman–Crippen MR) is 78.6 cm³/mol. The highest BCUT2D eigenvalue weighted by molar-refractivity contribution is 6.38. The highest BCUT2D eigenvalue weighted by atomic mass is 35.5. The Morgan fingerprint density at radius 1 is 1.26 bits per heavy atom. The number of Topliss-reactive ketones (excluding diaryl/α,β-unsaturated/α-hetero) is 1. The predicted octanol–water partition coefficient (Wildman–Crippen LogP) is 3.14. The van der Waals surface area contributed by atoms with Crippen LogP contribution < -0.4 is 5.43 Å². The monoisotopic (exact) mass is 279 g/mol. The van der Waals surface area contributed by atoms with Gasteiger partial charge in [0.2, 0.25) is 0 Å². The molecule has 1 aromatic rings. The average molecular weight is 280 g/mol. The molecule has 4 nitrogen and oxygen atoms in total. The van der Waals surface area contributed by atoms with Crippen LogP contribution in [-0.2, 0) is 4.79 Å². The zero-order chi connectivity index (χ0) is 13.7. The van der Waals surface area contributed by atoms with Crippen LogP contribution in [0, 0.1) is 0 Å². The smallest absolute Gasteiger partial charge is 0.196 e. The average Bonchev–Trinajstić information content (AvgIpc) is 2.42. The van der Waals surface area contributed by atoms with Crippen molar-refractivity contribution in [1.29, 1.82) is 0 Å². The van der Waals surface area contributed by atoms with Crippen LogP contribution in [0.15, 0.2) is 29.4 Å². The van der Waals surface area contributed by atoms with Gasteiger partial charge in [-0.2, -0.15) is 5.10 Å². The van der Waals surface area contributed by atoms with Crippen molar-refractivity contribution in [2.45, 2.75) is 26.2 Å². The van der Waals surface area contributed by atoms with Crippen molar-refractivity contribution in [1.82, 2.24) is 4.90 Å². The Balaban J connectivity index is 2.12. The van der Waals surface area contributed by atoms with Crippen molar-refractivity contribution in [3.63, 3.8) is 0 Å². The summed E-state index contributed by atoms with van der Waals surface area (Å²) >= 11 is 6.04. The van der Waals surface area contributed by atoms with Crippen LogP contribution in [0.4, 0.5) is 5.69 Å². The minimum atomic E-state index is -0.0264. The molecule has 1 heterocycles. The normalized spacial score (nSPS) is 16.3. The number of nitrogens with one attached hydrogen (secondary N) is 1. The number of hydrazone groups is 1. The van der Waals surface area contributed by atoms with Gasteiger partial charge in [0.25, 0.3) is 0 Å². The highest BCUT2D eigenvalue weighted by Gasteiger charge is 2.18. The molecule has 2 rings (SSSR count). The molecule has 0 amide bonds. The summed E-state index contributed by atoms with van der Waals surface area (Å²) in [6.07, 6.45) is 3.44. The molecule has 0 unspecified atom stereocenters. The van der Waals surface area contributed by atoms with E-state index in [9.17, 15) is 4.79 Å². The Labute approximate surface area is 118 Å². The molecule has 1 fully saturated rings. The van der Waals surface area contributed by atoms with E-state index in [1.165, 1.54) is 6.42 Å². The lowest BCUT2D eigenvalue weighted by Gasteiger charge is -2.28. The summed E-state index contributed by atoms with van der Waals surface area (Å²) in [5.41, 5.74) is 3.59. The maximum Gasteiger partial charge on any atom is 0.196 e. The number of halogens is 1. The van der Waals surface area contributed by atoms with Gasteiger partial charge >= 0.3 is 0 Å². The molecule has 0 bridgehead atoms. The minimum Gasteiger partial charge on any atom is -0.352 e. The zero-order valence-corrected chi connectivity index (χ0v) is 11.8. The van der Waals surface area contributed by atoms with Crippen molar-refractivity contribution in [2.24, 2.45) is 5.10 Å². The van der Waals surface area contributed by atoms with Crippen molar-refractivity contribution < 1.29 is 4.79 Å². The first-order valence-corrected chi connectivity index (χ1v) is 6.90. The van der Waals surface area contributed by atoms with E-state index in [4.69, 9.17) is 11.6 Å². The molecular formula is C14H18ClN3O. The molecule has 1 aliphatic heterocycles. The largest absolute Gasteiger partial charge is 0.352 e. The quantitative estimate of drug-likeness (QED) is 0.525. The maximum absolute atomic E-state index is 11.7. The number of rotatable bonds is 3. The molecule has 19 heavy (non-hydrogen) atoms. The zero-order valence-electron chi connectivity index (χ0n) is 11.0. The first kappa shape index (κ1) is 13.9. The van der Waals surface area contributed by atoms with Gasteiger partial charge in [0.1, 0.15) is 0 Å². The SMILES string of the molecule is CC(=O)C(=NNc1ccccc1Cl)N1CCCCC1. The standard InChI is InChI=1S/C14H18ClN3O/c1-11(19)14(18-9-5-2-6-10-18)17-16-13-8-4-3-7-12(13)15/h3-4,7-8,16H,2,5-6,9-10H2,1H3. The number of piperidine rings is 1. The second kappa shape index (κ2) is 6.57. The third kappa shape index (κ3) is 3.70. The number of hydrogen-bond acceptors (Lipinski definition) is 3. The summed E-state index contributed by atoms with van der Waals surface area (Å²) in [5.74, 6) is 0.459. The minimum absolute atomic E-state index is 0.0264. The molecular weight excluding hydrogens is 262 g/mol. The van der Waals surface area contributed by atoms with Crippen LogP contribution >= 0.6 is 11.6 Å². The van der Waals surface area contributed by atoms with Gasteiger partial charge in [-0.25, -0.2) is 0 Å². The van der Waals surface area contributed by atoms with Crippen LogP contribution in [0.2, 0.25) is 5.02 Å². The fourth-order valence-electron chi connectivity index (χ4n) is 2.14. The lowest BCUT2D eigenvalue weighted by atomic mass is 10.1. The Bertz CT molecular complexity index is 481. The summed E-state index contributed by atoms with van der Waals surface area (Å²) < 4.78 is 0. The molecule has 1 N–H and O–H groups in total. The topological polar surface area (TPSA) is 44.7 Å². The van der Waals surface area contributed by atoms with E-state index >= 15 is 0 Å². The maximum atomic E-state index is 11.7. The molecule has 0 aromatic heterocycles. The van der Waals surface area contributed by atoms with Gasteiger partial charge in [-0.1, -0.05) is 23.7 Å². The van der Waals surface area contributed by atoms with E-state index in [0.29, 0.717) is 16.5 Å². The third-order valence-electron chi connectivity index (χ3n) is 3.13. The van der Waals surface area contributed by atoms with Crippen molar-refractivity contribution in [2.75, 3.05) is 18.5 Å². The number of amidine groups is 1. The molecule has 0 spiro atoms. The van der Waals surface area contributed by atoms with Crippen LogP contribution in [0.3, 0.4) is 0 Å². The fourth-order valence-corrected chi connectivity index (χ4v) is 2.32. The summed E-state index contributed by atoms with van der Waals surface area (Å²) in [6.45, 7) is 3.33. The fraction of sp³-hybridized carbons (Fsp3) is 0.429. The van der Waals surface area contributed by atoms with E-state index in [2.05, 4.69) is 10.5 Å². The molecule has 0 atom stereocenters. The van der Waals surface area contributed by atoms with Crippen LogP contribution in [0.25, 0.3) is 0 Å². The molecule has 0 saturated carbocycles. The van der Waals surface area contributed by atoms with Gasteiger partial charge in [-0.05, 0) is 31.4 Å². The number of para-hydroxylation sites is 1. The lowest BCUT2D eigenvalue weighted by molar-refractivity contribution is -0.111. The Hall–Kier alpha value is -1.55. The number of anilines is 1. The van der Waals surface area contributed by atoms with E-state index in [-0.39, 0.29) is 5.78 Å². The second-order valence-electron chi connectivity index (χ2n) is 4.63. The Kier molecular flexibility index (Phi) is 4.80. The number of nitrogens with zero attached hydrogens (tertiary/aromatic N) is 2. The van der Waals surface area contributed by atoms with Gasteiger partial charge in [-0.15, -0.1) is 0 Å². The molecule has 0 aliphatic carbocycles. The highest BCUT2D eigenvalue weighted by Crippen LogP contribution is 2.20. The second-order valence-corrected chi connectivity index (χ2v) is 5.04. The molecule has 1 aromatic carbocycles. The molecule has 0 radical (unpaired) electrons. The van der Waals surface area contributed by atoms with Gasteiger partial charge in [-0.3, -0.25) is 10.2 Å². The van der Waals surface area contributed by atoms with Crippen molar-refractivity contribution in [3.8, 4) is 0 Å². The Morgan fingerprint density at radius 2 is 1.95 bits per heavy atom. The van der Waals surface area contributed by atoms with Crippen molar-refractivity contribution in [3.05, 3.63) is 29.3 Å². The van der Waals surface area contributed by atoms with Crippen LogP contribution in [0.1, 0.15) is 26.2 Å². The van der Waals surface area contributed by atoms with E-state index in [1.54, 1.807) is 13.0 Å². The summed E-state index contributed by atoms with van der Waals surface area (Å²) in [7, 11) is 0. The first-order valence-electron chi connectivity index (χ1n) is 6.52. The van der Waals surface area contributed by atoms with E-state index in [1.807, 2.05) is 23.1 Å².